The molecule has 1 heterocycles. The normalized spacial score (nSPS) is 13.0. The quantitative estimate of drug-likeness (QED) is 0.736. The van der Waals surface area contributed by atoms with Crippen LogP contribution in [0.4, 0.5) is 0 Å². The van der Waals surface area contributed by atoms with Gasteiger partial charge in [-0.05, 0) is 12.1 Å². The molecule has 1 aromatic carbocycles. The van der Waals surface area contributed by atoms with E-state index in [9.17, 15) is 19.2 Å². The predicted molar refractivity (Wildman–Crippen MR) is 72.5 cm³/mol. The molecule has 3 amide bonds. The minimum atomic E-state index is -0.799. The van der Waals surface area contributed by atoms with Crippen LogP contribution in [0.1, 0.15) is 27.1 Å². The third-order valence-corrected chi connectivity index (χ3v) is 2.88. The molecular weight excluding hydrogens is 292 g/mol. The molecule has 0 saturated heterocycles. The highest BCUT2D eigenvalue weighted by Gasteiger charge is 2.38. The first-order valence-electron chi connectivity index (χ1n) is 6.49. The molecule has 2 rings (SSSR count). The predicted octanol–water partition coefficient (Wildman–Crippen LogP) is -0.106. The van der Waals surface area contributed by atoms with Gasteiger partial charge in [0.1, 0.15) is 6.61 Å². The van der Waals surface area contributed by atoms with Gasteiger partial charge >= 0.3 is 5.97 Å². The highest BCUT2D eigenvalue weighted by molar-refractivity contribution is 6.20. The molecule has 116 valence electrons. The summed E-state index contributed by atoms with van der Waals surface area (Å²) < 4.78 is 4.61. The van der Waals surface area contributed by atoms with Crippen molar-refractivity contribution in [1.29, 1.82) is 0 Å². The van der Waals surface area contributed by atoms with Crippen LogP contribution in [0.2, 0.25) is 0 Å². The number of fused-ring (bicyclic) bond motifs is 1. The number of carbonyl (C=O) groups excluding carboxylic acids is 4. The van der Waals surface area contributed by atoms with E-state index in [1.165, 1.54) is 19.2 Å². The van der Waals surface area contributed by atoms with E-state index in [1.54, 1.807) is 12.1 Å². The van der Waals surface area contributed by atoms with Gasteiger partial charge in [-0.15, -0.1) is 0 Å². The van der Waals surface area contributed by atoms with Gasteiger partial charge in [0.05, 0.1) is 17.5 Å². The number of benzene rings is 1. The first-order valence-corrected chi connectivity index (χ1v) is 6.49. The van der Waals surface area contributed by atoms with Crippen molar-refractivity contribution in [3.8, 4) is 0 Å². The molecule has 0 saturated carbocycles. The fraction of sp³-hybridized carbons (Fsp3) is 0.286. The van der Waals surface area contributed by atoms with Crippen LogP contribution in [-0.4, -0.2) is 49.0 Å². The van der Waals surface area contributed by atoms with Crippen LogP contribution in [0.5, 0.6) is 0 Å². The lowest BCUT2D eigenvalue weighted by Gasteiger charge is -2.12. The van der Waals surface area contributed by atoms with E-state index < -0.39 is 17.8 Å². The van der Waals surface area contributed by atoms with Gasteiger partial charge < -0.3 is 14.9 Å². The summed E-state index contributed by atoms with van der Waals surface area (Å²) >= 11 is 0. The monoisotopic (exact) mass is 306 g/mol. The largest absolute Gasteiger partial charge is 0.375 e. The van der Waals surface area contributed by atoms with Gasteiger partial charge in [0.25, 0.3) is 11.8 Å². The van der Waals surface area contributed by atoms with Crippen molar-refractivity contribution in [3.63, 3.8) is 0 Å². The highest BCUT2D eigenvalue weighted by atomic mass is 16.7. The van der Waals surface area contributed by atoms with E-state index in [-0.39, 0.29) is 36.6 Å². The Bertz CT molecular complexity index is 593. The second-order valence-electron chi connectivity index (χ2n) is 4.45. The first kappa shape index (κ1) is 15.6. The van der Waals surface area contributed by atoms with Crippen LogP contribution in [0, 0.1) is 0 Å². The maximum Gasteiger partial charge on any atom is 0.335 e. The molecule has 0 fully saturated rings. The summed E-state index contributed by atoms with van der Waals surface area (Å²) in [7, 11) is 1.37. The first-order chi connectivity index (χ1) is 10.5. The maximum absolute atomic E-state index is 12.0. The number of hydroxylamine groups is 2. The molecular formula is C14H14N2O6. The number of hydrogen-bond donors (Lipinski definition) is 1. The summed E-state index contributed by atoms with van der Waals surface area (Å²) in [5.74, 6) is -2.54. The summed E-state index contributed by atoms with van der Waals surface area (Å²) in [6.07, 6.45) is -0.178. The number of hydrogen-bond acceptors (Lipinski definition) is 6. The van der Waals surface area contributed by atoms with Crippen molar-refractivity contribution in [2.24, 2.45) is 0 Å². The lowest BCUT2D eigenvalue weighted by Crippen LogP contribution is -2.34. The number of nitrogens with zero attached hydrogens (tertiary/aromatic N) is 1. The number of carbonyl (C=O) groups is 4. The molecule has 8 heteroatoms. The van der Waals surface area contributed by atoms with E-state index in [0.717, 1.165) is 0 Å². The maximum atomic E-state index is 12.0. The molecule has 0 bridgehead atoms. The molecule has 1 aliphatic heterocycles. The van der Waals surface area contributed by atoms with Gasteiger partial charge in [0, 0.05) is 13.7 Å². The second kappa shape index (κ2) is 6.81. The zero-order valence-corrected chi connectivity index (χ0v) is 11.8. The zero-order valence-electron chi connectivity index (χ0n) is 11.8. The smallest absolute Gasteiger partial charge is 0.335 e. The van der Waals surface area contributed by atoms with E-state index in [1.807, 2.05) is 0 Å². The Balaban J connectivity index is 1.87. The topological polar surface area (TPSA) is 102 Å². The van der Waals surface area contributed by atoms with E-state index >= 15 is 0 Å². The van der Waals surface area contributed by atoms with E-state index in [2.05, 4.69) is 10.1 Å². The number of imide groups is 1. The van der Waals surface area contributed by atoms with Crippen LogP contribution in [0.3, 0.4) is 0 Å². The Hall–Kier alpha value is -2.74. The minimum Gasteiger partial charge on any atom is -0.375 e. The Labute approximate surface area is 125 Å². The van der Waals surface area contributed by atoms with Crippen LogP contribution < -0.4 is 5.32 Å². The summed E-state index contributed by atoms with van der Waals surface area (Å²) in [4.78, 5) is 51.4. The van der Waals surface area contributed by atoms with Crippen molar-refractivity contribution in [2.75, 3.05) is 20.3 Å². The van der Waals surface area contributed by atoms with Crippen LogP contribution in [0.25, 0.3) is 0 Å². The average Bonchev–Trinajstić information content (AvgIpc) is 2.73. The summed E-state index contributed by atoms with van der Waals surface area (Å²) in [6, 6.07) is 6.18. The Morgan fingerprint density at radius 2 is 1.73 bits per heavy atom. The minimum absolute atomic E-state index is 0.0181. The van der Waals surface area contributed by atoms with Gasteiger partial charge in [-0.3, -0.25) is 14.4 Å². The Morgan fingerprint density at radius 1 is 1.14 bits per heavy atom. The highest BCUT2D eigenvalue weighted by Crippen LogP contribution is 2.22. The number of methoxy groups -OCH3 is 1. The van der Waals surface area contributed by atoms with Gasteiger partial charge in [-0.1, -0.05) is 17.2 Å². The van der Waals surface area contributed by atoms with Gasteiger partial charge in [0.2, 0.25) is 5.91 Å². The van der Waals surface area contributed by atoms with Crippen molar-refractivity contribution in [1.82, 2.24) is 10.4 Å². The van der Waals surface area contributed by atoms with Crippen molar-refractivity contribution < 1.29 is 28.8 Å². The molecule has 0 aromatic heterocycles. The molecule has 1 N–H and O–H groups in total. The Morgan fingerprint density at radius 3 is 2.27 bits per heavy atom. The SMILES string of the molecule is COCC(=O)NCCC(=O)ON1C(=O)c2ccccc2C1=O. The Kier molecular flexibility index (Phi) is 4.84. The number of ether oxygens (including phenoxy) is 1. The molecule has 8 nitrogen and oxygen atoms in total. The summed E-state index contributed by atoms with van der Waals surface area (Å²) in [5.41, 5.74) is 0.377. The van der Waals surface area contributed by atoms with Crippen molar-refractivity contribution in [3.05, 3.63) is 35.4 Å². The van der Waals surface area contributed by atoms with Crippen LogP contribution in [0.15, 0.2) is 24.3 Å². The molecule has 0 spiro atoms. The summed E-state index contributed by atoms with van der Waals surface area (Å²) in [6.45, 7) is -0.0996. The average molecular weight is 306 g/mol. The molecule has 22 heavy (non-hydrogen) atoms. The third kappa shape index (κ3) is 3.29. The standard InChI is InChI=1S/C14H14N2O6/c1-21-8-11(17)15-7-6-12(18)22-16-13(19)9-4-2-3-5-10(9)14(16)20/h2-5H,6-8H2,1H3,(H,15,17). The number of amides is 3. The summed E-state index contributed by atoms with van der Waals surface area (Å²) in [5, 5.41) is 2.86. The second-order valence-corrected chi connectivity index (χ2v) is 4.45. The zero-order chi connectivity index (χ0) is 16.1. The molecule has 1 aliphatic rings. The number of nitrogens with one attached hydrogen (secondary N) is 1. The van der Waals surface area contributed by atoms with Gasteiger partial charge in [-0.2, -0.15) is 0 Å². The fourth-order valence-corrected chi connectivity index (χ4v) is 1.88. The van der Waals surface area contributed by atoms with Gasteiger partial charge in [-0.25, -0.2) is 4.79 Å². The molecule has 0 aliphatic carbocycles. The van der Waals surface area contributed by atoms with Crippen LogP contribution in [-0.2, 0) is 19.2 Å². The van der Waals surface area contributed by atoms with E-state index in [0.29, 0.717) is 5.06 Å². The lowest BCUT2D eigenvalue weighted by atomic mass is 10.1. The van der Waals surface area contributed by atoms with Crippen LogP contribution >= 0.6 is 0 Å². The van der Waals surface area contributed by atoms with Crippen molar-refractivity contribution in [2.45, 2.75) is 6.42 Å². The molecule has 1 aromatic rings. The molecule has 0 unspecified atom stereocenters. The van der Waals surface area contributed by atoms with Crippen molar-refractivity contribution >= 4 is 23.7 Å². The number of rotatable bonds is 6. The molecule has 0 atom stereocenters. The fourth-order valence-electron chi connectivity index (χ4n) is 1.88. The third-order valence-electron chi connectivity index (χ3n) is 2.88. The molecule has 0 radical (unpaired) electrons. The van der Waals surface area contributed by atoms with Gasteiger partial charge in [0.15, 0.2) is 0 Å². The lowest BCUT2D eigenvalue weighted by molar-refractivity contribution is -0.168. The van der Waals surface area contributed by atoms with E-state index in [4.69, 9.17) is 4.84 Å².